The lowest BCUT2D eigenvalue weighted by molar-refractivity contribution is -0.142. The van der Waals surface area contributed by atoms with Crippen molar-refractivity contribution >= 4 is 38.5 Å². The van der Waals surface area contributed by atoms with Crippen LogP contribution in [0.3, 0.4) is 0 Å². The van der Waals surface area contributed by atoms with Gasteiger partial charge in [-0.05, 0) is 40.4 Å². The molecule has 1 saturated heterocycles. The fourth-order valence-electron chi connectivity index (χ4n) is 3.13. The summed E-state index contributed by atoms with van der Waals surface area (Å²) < 4.78 is 0.960. The Morgan fingerprint density at radius 2 is 2.19 bits per heavy atom. The second kappa shape index (κ2) is 5.64. The number of benzene rings is 1. The number of hydrogen-bond acceptors (Lipinski definition) is 3. The molecule has 0 saturated carbocycles. The smallest absolute Gasteiger partial charge is 0.308 e. The maximum absolute atomic E-state index is 11.3. The molecule has 110 valence electrons. The summed E-state index contributed by atoms with van der Waals surface area (Å²) in [6.45, 7) is 3.56. The Bertz CT molecular complexity index is 689. The molecule has 1 aromatic carbocycles. The summed E-state index contributed by atoms with van der Waals surface area (Å²) >= 11 is 3.53. The molecule has 1 fully saturated rings. The minimum Gasteiger partial charge on any atom is -0.481 e. The average Bonchev–Trinajstić information content (AvgIpc) is 2.46. The van der Waals surface area contributed by atoms with E-state index in [1.807, 2.05) is 24.3 Å². The highest BCUT2D eigenvalue weighted by molar-refractivity contribution is 9.10. The van der Waals surface area contributed by atoms with E-state index < -0.39 is 5.97 Å². The van der Waals surface area contributed by atoms with Crippen LogP contribution in [0.15, 0.2) is 34.9 Å². The van der Waals surface area contributed by atoms with E-state index in [1.165, 1.54) is 0 Å². The van der Waals surface area contributed by atoms with Crippen molar-refractivity contribution in [2.45, 2.75) is 13.3 Å². The molecule has 21 heavy (non-hydrogen) atoms. The van der Waals surface area contributed by atoms with E-state index in [9.17, 15) is 9.90 Å². The lowest BCUT2D eigenvalue weighted by Crippen LogP contribution is -2.42. The summed E-state index contributed by atoms with van der Waals surface area (Å²) in [5.74, 6) is -0.634. The predicted molar refractivity (Wildman–Crippen MR) is 86.6 cm³/mol. The first kappa shape index (κ1) is 14.3. The molecule has 3 rings (SSSR count). The zero-order chi connectivity index (χ0) is 15.0. The molecule has 1 aliphatic rings. The third-order valence-corrected chi connectivity index (χ3v) is 4.69. The van der Waals surface area contributed by atoms with E-state index in [4.69, 9.17) is 0 Å². The van der Waals surface area contributed by atoms with Gasteiger partial charge in [0.15, 0.2) is 0 Å². The van der Waals surface area contributed by atoms with E-state index in [1.54, 1.807) is 6.20 Å². The number of carboxylic acids is 1. The highest BCUT2D eigenvalue weighted by Crippen LogP contribution is 2.33. The fraction of sp³-hybridized carbons (Fsp3) is 0.375. The van der Waals surface area contributed by atoms with Crippen LogP contribution in [0.5, 0.6) is 0 Å². The second-order valence-corrected chi connectivity index (χ2v) is 6.60. The summed E-state index contributed by atoms with van der Waals surface area (Å²) in [7, 11) is 0. The van der Waals surface area contributed by atoms with Crippen LogP contribution >= 0.6 is 15.9 Å². The van der Waals surface area contributed by atoms with Gasteiger partial charge in [-0.1, -0.05) is 19.1 Å². The van der Waals surface area contributed by atoms with Gasteiger partial charge in [0.25, 0.3) is 0 Å². The first-order chi connectivity index (χ1) is 10.1. The molecule has 0 bridgehead atoms. The van der Waals surface area contributed by atoms with E-state index in [2.05, 4.69) is 32.7 Å². The van der Waals surface area contributed by atoms with Crippen molar-refractivity contribution in [2.24, 2.45) is 11.8 Å². The molecule has 0 radical (unpaired) electrons. The van der Waals surface area contributed by atoms with E-state index in [-0.39, 0.29) is 5.92 Å². The number of rotatable bonds is 2. The Kier molecular flexibility index (Phi) is 3.85. The first-order valence-electron chi connectivity index (χ1n) is 7.07. The molecule has 0 amide bonds. The van der Waals surface area contributed by atoms with Crippen LogP contribution in [0.4, 0.5) is 5.69 Å². The van der Waals surface area contributed by atoms with Crippen LogP contribution in [0.2, 0.25) is 0 Å². The zero-order valence-corrected chi connectivity index (χ0v) is 13.4. The zero-order valence-electron chi connectivity index (χ0n) is 11.8. The van der Waals surface area contributed by atoms with Crippen molar-refractivity contribution in [3.05, 3.63) is 34.9 Å². The minimum absolute atomic E-state index is 0.302. The molecule has 1 aromatic heterocycles. The molecule has 2 heterocycles. The molecule has 0 aliphatic carbocycles. The van der Waals surface area contributed by atoms with Gasteiger partial charge in [0.1, 0.15) is 0 Å². The molecule has 1 aliphatic heterocycles. The molecule has 1 N–H and O–H groups in total. The van der Waals surface area contributed by atoms with Crippen molar-refractivity contribution < 1.29 is 9.90 Å². The van der Waals surface area contributed by atoms with Gasteiger partial charge in [-0.2, -0.15) is 0 Å². The Balaban J connectivity index is 2.03. The van der Waals surface area contributed by atoms with Crippen LogP contribution < -0.4 is 4.90 Å². The number of carboxylic acid groups (broad SMARTS) is 1. The molecule has 2 atom stereocenters. The summed E-state index contributed by atoms with van der Waals surface area (Å²) in [6, 6.07) is 7.97. The lowest BCUT2D eigenvalue weighted by atomic mass is 9.90. The van der Waals surface area contributed by atoms with Crippen LogP contribution in [-0.4, -0.2) is 29.1 Å². The number of aliphatic carboxylic acids is 1. The quantitative estimate of drug-likeness (QED) is 0.901. The average molecular weight is 349 g/mol. The van der Waals surface area contributed by atoms with Gasteiger partial charge < -0.3 is 10.0 Å². The maximum atomic E-state index is 11.3. The van der Waals surface area contributed by atoms with E-state index in [0.29, 0.717) is 12.5 Å². The summed E-state index contributed by atoms with van der Waals surface area (Å²) in [5.41, 5.74) is 1.99. The highest BCUT2D eigenvalue weighted by Gasteiger charge is 2.30. The number of halogens is 1. The summed E-state index contributed by atoms with van der Waals surface area (Å²) in [5, 5.41) is 10.4. The molecule has 2 aromatic rings. The Labute approximate surface area is 131 Å². The van der Waals surface area contributed by atoms with Crippen molar-refractivity contribution in [3.63, 3.8) is 0 Å². The van der Waals surface area contributed by atoms with Gasteiger partial charge in [-0.15, -0.1) is 0 Å². The molecular formula is C16H17BrN2O2. The monoisotopic (exact) mass is 348 g/mol. The second-order valence-electron chi connectivity index (χ2n) is 5.75. The Hall–Kier alpha value is -1.62. The van der Waals surface area contributed by atoms with Gasteiger partial charge in [0, 0.05) is 34.8 Å². The molecule has 2 unspecified atom stereocenters. The van der Waals surface area contributed by atoms with Crippen molar-refractivity contribution in [1.82, 2.24) is 4.98 Å². The van der Waals surface area contributed by atoms with Gasteiger partial charge in [-0.25, -0.2) is 0 Å². The summed E-state index contributed by atoms with van der Waals surface area (Å²) in [4.78, 5) is 18.0. The third kappa shape index (κ3) is 2.75. The number of anilines is 1. The number of fused-ring (bicyclic) bond motifs is 1. The van der Waals surface area contributed by atoms with Crippen LogP contribution in [-0.2, 0) is 4.79 Å². The SMILES string of the molecule is CC1CC(C(=O)O)CN(c2ccnc3c(Br)cccc23)C1. The molecule has 0 spiro atoms. The van der Waals surface area contributed by atoms with Crippen LogP contribution in [0.25, 0.3) is 10.9 Å². The van der Waals surface area contributed by atoms with Gasteiger partial charge in [0.05, 0.1) is 11.4 Å². The molecule has 5 heteroatoms. The largest absolute Gasteiger partial charge is 0.481 e. The lowest BCUT2D eigenvalue weighted by Gasteiger charge is -2.36. The number of piperidine rings is 1. The number of pyridine rings is 1. The molecular weight excluding hydrogens is 332 g/mol. The van der Waals surface area contributed by atoms with Crippen LogP contribution in [0.1, 0.15) is 13.3 Å². The Morgan fingerprint density at radius 1 is 1.38 bits per heavy atom. The maximum Gasteiger partial charge on any atom is 0.308 e. The van der Waals surface area contributed by atoms with Gasteiger partial charge in [-0.3, -0.25) is 9.78 Å². The number of para-hydroxylation sites is 1. The van der Waals surface area contributed by atoms with Gasteiger partial charge in [0.2, 0.25) is 0 Å². The fourth-order valence-corrected chi connectivity index (χ4v) is 3.60. The highest BCUT2D eigenvalue weighted by atomic mass is 79.9. The summed E-state index contributed by atoms with van der Waals surface area (Å²) in [6.07, 6.45) is 2.54. The van der Waals surface area contributed by atoms with Crippen LogP contribution in [0, 0.1) is 11.8 Å². The topological polar surface area (TPSA) is 53.4 Å². The predicted octanol–water partition coefficient (Wildman–Crippen LogP) is 3.54. The number of aromatic nitrogens is 1. The van der Waals surface area contributed by atoms with Crippen molar-refractivity contribution in [1.29, 1.82) is 0 Å². The first-order valence-corrected chi connectivity index (χ1v) is 7.86. The van der Waals surface area contributed by atoms with Crippen molar-refractivity contribution in [3.8, 4) is 0 Å². The third-order valence-electron chi connectivity index (χ3n) is 4.05. The molecule has 4 nitrogen and oxygen atoms in total. The normalized spacial score (nSPS) is 22.5. The van der Waals surface area contributed by atoms with E-state index in [0.717, 1.165) is 34.0 Å². The van der Waals surface area contributed by atoms with Crippen molar-refractivity contribution in [2.75, 3.05) is 18.0 Å². The standard InChI is InChI=1S/C16H17BrN2O2/c1-10-7-11(16(20)21)9-19(8-10)14-5-6-18-15-12(14)3-2-4-13(15)17/h2-6,10-11H,7-9H2,1H3,(H,20,21). The van der Waals surface area contributed by atoms with E-state index >= 15 is 0 Å². The van der Waals surface area contributed by atoms with Gasteiger partial charge >= 0.3 is 5.97 Å². The Morgan fingerprint density at radius 3 is 2.95 bits per heavy atom. The number of carbonyl (C=O) groups is 1. The minimum atomic E-state index is -0.703. The number of hydrogen-bond donors (Lipinski definition) is 1. The number of nitrogens with zero attached hydrogens (tertiary/aromatic N) is 2.